The summed E-state index contributed by atoms with van der Waals surface area (Å²) in [6, 6.07) is 1.48. The van der Waals surface area contributed by atoms with Gasteiger partial charge in [0.15, 0.2) is 0 Å². The molecule has 2 heterocycles. The molecule has 0 bridgehead atoms. The number of rotatable bonds is 5. The van der Waals surface area contributed by atoms with Gasteiger partial charge in [-0.25, -0.2) is 4.79 Å². The molecule has 3 rings (SSSR count). The Morgan fingerprint density at radius 1 is 1.50 bits per heavy atom. The van der Waals surface area contributed by atoms with E-state index in [-0.39, 0.29) is 24.4 Å². The highest BCUT2D eigenvalue weighted by Gasteiger charge is 2.54. The lowest BCUT2D eigenvalue weighted by atomic mass is 9.80. The molecule has 0 radical (unpaired) electrons. The van der Waals surface area contributed by atoms with Gasteiger partial charge in [-0.15, -0.1) is 11.3 Å². The van der Waals surface area contributed by atoms with Crippen molar-refractivity contribution in [1.29, 1.82) is 0 Å². The first-order chi connectivity index (χ1) is 11.5. The molecule has 6 nitrogen and oxygen atoms in total. The fourth-order valence-electron chi connectivity index (χ4n) is 3.65. The summed E-state index contributed by atoms with van der Waals surface area (Å²) in [6.45, 7) is 3.75. The lowest BCUT2D eigenvalue weighted by Crippen LogP contribution is -2.47. The van der Waals surface area contributed by atoms with Crippen molar-refractivity contribution in [3.8, 4) is 0 Å². The number of nitrogens with one attached hydrogen (secondary N) is 2. The Hall–Kier alpha value is -1.89. The van der Waals surface area contributed by atoms with E-state index >= 15 is 0 Å². The zero-order valence-corrected chi connectivity index (χ0v) is 14.9. The van der Waals surface area contributed by atoms with E-state index in [1.807, 2.05) is 25.3 Å². The van der Waals surface area contributed by atoms with Crippen LogP contribution in [-0.4, -0.2) is 35.3 Å². The highest BCUT2D eigenvalue weighted by molar-refractivity contribution is 7.10. The second kappa shape index (κ2) is 6.55. The number of amides is 4. The molecular formula is C17H23N3O3S. The van der Waals surface area contributed by atoms with E-state index in [4.69, 9.17) is 0 Å². The zero-order chi connectivity index (χ0) is 17.3. The Bertz CT molecular complexity index is 672. The smallest absolute Gasteiger partial charge is 0.325 e. The normalized spacial score (nSPS) is 24.0. The molecule has 0 saturated carbocycles. The average Bonchev–Trinajstić information content (AvgIpc) is 3.09. The molecule has 2 atom stereocenters. The van der Waals surface area contributed by atoms with Gasteiger partial charge in [-0.05, 0) is 44.1 Å². The molecule has 4 amide bonds. The van der Waals surface area contributed by atoms with E-state index in [1.165, 1.54) is 0 Å². The van der Waals surface area contributed by atoms with Gasteiger partial charge in [0, 0.05) is 16.5 Å². The summed E-state index contributed by atoms with van der Waals surface area (Å²) < 4.78 is 0. The predicted molar refractivity (Wildman–Crippen MR) is 91.7 cm³/mol. The van der Waals surface area contributed by atoms with E-state index in [0.29, 0.717) is 6.42 Å². The van der Waals surface area contributed by atoms with Gasteiger partial charge in [-0.3, -0.25) is 14.5 Å². The molecule has 130 valence electrons. The minimum Gasteiger partial charge on any atom is -0.352 e. The fraction of sp³-hybridized carbons (Fsp3) is 0.588. The number of thiophene rings is 1. The molecule has 1 spiro atoms. The van der Waals surface area contributed by atoms with Gasteiger partial charge in [-0.1, -0.05) is 13.3 Å². The molecule has 2 aliphatic rings. The predicted octanol–water partition coefficient (Wildman–Crippen LogP) is 2.14. The Balaban J connectivity index is 1.75. The number of hydrogen-bond donors (Lipinski definition) is 2. The average molecular weight is 349 g/mol. The summed E-state index contributed by atoms with van der Waals surface area (Å²) in [5.41, 5.74) is -0.0701. The summed E-state index contributed by atoms with van der Waals surface area (Å²) in [4.78, 5) is 39.7. The molecule has 1 aromatic rings. The number of imide groups is 1. The number of urea groups is 1. The van der Waals surface area contributed by atoms with Crippen LogP contribution < -0.4 is 10.6 Å². The van der Waals surface area contributed by atoms with Crippen LogP contribution in [0.4, 0.5) is 4.79 Å². The van der Waals surface area contributed by atoms with Crippen LogP contribution in [0.25, 0.3) is 0 Å². The minimum absolute atomic E-state index is 0.0374. The molecule has 1 saturated heterocycles. The topological polar surface area (TPSA) is 78.5 Å². The van der Waals surface area contributed by atoms with Gasteiger partial charge < -0.3 is 10.6 Å². The van der Waals surface area contributed by atoms with Crippen LogP contribution in [0.2, 0.25) is 0 Å². The third-order valence-electron chi connectivity index (χ3n) is 4.77. The molecular weight excluding hydrogens is 326 g/mol. The quantitative estimate of drug-likeness (QED) is 0.800. The number of nitrogens with zero attached hydrogens (tertiary/aromatic N) is 1. The van der Waals surface area contributed by atoms with E-state index in [9.17, 15) is 14.4 Å². The SMILES string of the molecule is CCC[C@@H](C)NC(=O)CN1C(=O)N[C@@]2(CCCc3sccc32)C1=O. The van der Waals surface area contributed by atoms with Gasteiger partial charge >= 0.3 is 6.03 Å². The van der Waals surface area contributed by atoms with Crippen LogP contribution in [0.5, 0.6) is 0 Å². The minimum atomic E-state index is -0.972. The van der Waals surface area contributed by atoms with Gasteiger partial charge in [0.1, 0.15) is 12.1 Å². The maximum absolute atomic E-state index is 13.0. The maximum atomic E-state index is 13.0. The second-order valence-corrected chi connectivity index (χ2v) is 7.60. The highest BCUT2D eigenvalue weighted by Crippen LogP contribution is 2.41. The van der Waals surface area contributed by atoms with Gasteiger partial charge in [0.05, 0.1) is 0 Å². The Morgan fingerprint density at radius 2 is 2.29 bits per heavy atom. The van der Waals surface area contributed by atoms with Crippen molar-refractivity contribution in [2.45, 2.75) is 57.5 Å². The lowest BCUT2D eigenvalue weighted by Gasteiger charge is -2.31. The number of fused-ring (bicyclic) bond motifs is 2. The number of carbonyl (C=O) groups excluding carboxylic acids is 3. The summed E-state index contributed by atoms with van der Waals surface area (Å²) in [5, 5.41) is 7.66. The molecule has 1 aliphatic carbocycles. The Morgan fingerprint density at radius 3 is 3.04 bits per heavy atom. The van der Waals surface area contributed by atoms with E-state index in [2.05, 4.69) is 10.6 Å². The van der Waals surface area contributed by atoms with Crippen molar-refractivity contribution in [3.63, 3.8) is 0 Å². The first-order valence-corrected chi connectivity index (χ1v) is 9.36. The van der Waals surface area contributed by atoms with Gasteiger partial charge in [0.25, 0.3) is 5.91 Å². The molecule has 0 aromatic carbocycles. The summed E-state index contributed by atoms with van der Waals surface area (Å²) in [5.74, 6) is -0.594. The summed E-state index contributed by atoms with van der Waals surface area (Å²) in [7, 11) is 0. The molecule has 1 aromatic heterocycles. The Labute approximate surface area is 145 Å². The van der Waals surface area contributed by atoms with Crippen LogP contribution in [0.3, 0.4) is 0 Å². The molecule has 7 heteroatoms. The van der Waals surface area contributed by atoms with Crippen LogP contribution >= 0.6 is 11.3 Å². The second-order valence-electron chi connectivity index (χ2n) is 6.60. The summed E-state index contributed by atoms with van der Waals surface area (Å²) in [6.07, 6.45) is 4.22. The third kappa shape index (κ3) is 2.81. The monoisotopic (exact) mass is 349 g/mol. The zero-order valence-electron chi connectivity index (χ0n) is 14.1. The number of carbonyl (C=O) groups is 3. The standard InChI is InChI=1S/C17H23N3O3S/c1-3-5-11(2)18-14(21)10-20-15(22)17(19-16(20)23)8-4-6-13-12(17)7-9-24-13/h7,9,11H,3-6,8,10H2,1-2H3,(H,18,21)(H,19,23)/t11-,17-/m1/s1. The van der Waals surface area contributed by atoms with E-state index < -0.39 is 11.6 Å². The van der Waals surface area contributed by atoms with Gasteiger partial charge in [-0.2, -0.15) is 0 Å². The first kappa shape index (κ1) is 17.0. The van der Waals surface area contributed by atoms with Crippen LogP contribution in [0.1, 0.15) is 50.0 Å². The molecule has 24 heavy (non-hydrogen) atoms. The van der Waals surface area contributed by atoms with E-state index in [1.54, 1.807) is 11.3 Å². The fourth-order valence-corrected chi connectivity index (χ4v) is 4.65. The van der Waals surface area contributed by atoms with Crippen LogP contribution in [0.15, 0.2) is 11.4 Å². The maximum Gasteiger partial charge on any atom is 0.325 e. The third-order valence-corrected chi connectivity index (χ3v) is 5.75. The van der Waals surface area contributed by atoms with Crippen molar-refractivity contribution in [1.82, 2.24) is 15.5 Å². The van der Waals surface area contributed by atoms with Crippen LogP contribution in [-0.2, 0) is 21.5 Å². The van der Waals surface area contributed by atoms with Crippen LogP contribution in [0, 0.1) is 0 Å². The number of hydrogen-bond acceptors (Lipinski definition) is 4. The Kier molecular flexibility index (Phi) is 4.62. The summed E-state index contributed by atoms with van der Waals surface area (Å²) >= 11 is 1.62. The first-order valence-electron chi connectivity index (χ1n) is 8.48. The van der Waals surface area contributed by atoms with Crippen molar-refractivity contribution < 1.29 is 14.4 Å². The molecule has 1 aliphatic heterocycles. The largest absolute Gasteiger partial charge is 0.352 e. The molecule has 2 N–H and O–H groups in total. The molecule has 0 unspecified atom stereocenters. The molecule has 1 fully saturated rings. The van der Waals surface area contributed by atoms with Gasteiger partial charge in [0.2, 0.25) is 5.91 Å². The number of aryl methyl sites for hydroxylation is 1. The van der Waals surface area contributed by atoms with Crippen molar-refractivity contribution in [3.05, 3.63) is 21.9 Å². The van der Waals surface area contributed by atoms with Crippen molar-refractivity contribution in [2.24, 2.45) is 0 Å². The lowest BCUT2D eigenvalue weighted by molar-refractivity contribution is -0.135. The van der Waals surface area contributed by atoms with Crippen molar-refractivity contribution in [2.75, 3.05) is 6.54 Å². The van der Waals surface area contributed by atoms with E-state index in [0.717, 1.165) is 41.0 Å². The van der Waals surface area contributed by atoms with Crippen molar-refractivity contribution >= 4 is 29.2 Å². The highest BCUT2D eigenvalue weighted by atomic mass is 32.1.